The predicted molar refractivity (Wildman–Crippen MR) is 118 cm³/mol. The third kappa shape index (κ3) is 5.03. The molecular formula is C24H34N2O5. The lowest BCUT2D eigenvalue weighted by atomic mass is 9.64. The quantitative estimate of drug-likeness (QED) is 0.488. The van der Waals surface area contributed by atoms with Crippen molar-refractivity contribution in [3.05, 3.63) is 36.4 Å². The Labute approximate surface area is 184 Å². The van der Waals surface area contributed by atoms with Crippen LogP contribution in [0.25, 0.3) is 0 Å². The molecule has 2 fully saturated rings. The standard InChI is InChI=1S/C24H34N2O5/c1-6-7-17-8-9-19(20(10-17)30-5)31-14-18(27)13-26-21(28)24(25-22(26)29)12-16(2)11-23(3,4)15-24/h6,8-10,16,18,27H,1,7,11-15H2,2-5H3,(H,25,29)/t16-,18-,24-/m1/s1. The molecule has 7 nitrogen and oxygen atoms in total. The Morgan fingerprint density at radius 1 is 1.32 bits per heavy atom. The largest absolute Gasteiger partial charge is 0.493 e. The average molecular weight is 431 g/mol. The first-order valence-electron chi connectivity index (χ1n) is 10.8. The van der Waals surface area contributed by atoms with E-state index in [0.29, 0.717) is 36.7 Å². The van der Waals surface area contributed by atoms with Gasteiger partial charge >= 0.3 is 6.03 Å². The van der Waals surface area contributed by atoms with Crippen LogP contribution in [0.5, 0.6) is 11.5 Å². The minimum Gasteiger partial charge on any atom is -0.493 e. The van der Waals surface area contributed by atoms with Gasteiger partial charge in [-0.2, -0.15) is 0 Å². The van der Waals surface area contributed by atoms with Gasteiger partial charge in [-0.1, -0.05) is 32.9 Å². The van der Waals surface area contributed by atoms with E-state index < -0.39 is 17.7 Å². The summed E-state index contributed by atoms with van der Waals surface area (Å²) in [7, 11) is 1.55. The molecule has 3 rings (SSSR count). The molecule has 31 heavy (non-hydrogen) atoms. The van der Waals surface area contributed by atoms with E-state index in [1.54, 1.807) is 19.3 Å². The van der Waals surface area contributed by atoms with Gasteiger partial charge in [0.1, 0.15) is 18.2 Å². The second-order valence-corrected chi connectivity index (χ2v) is 9.73. The summed E-state index contributed by atoms with van der Waals surface area (Å²) in [5.74, 6) is 1.13. The second kappa shape index (κ2) is 8.91. The van der Waals surface area contributed by atoms with Crippen LogP contribution in [0.3, 0.4) is 0 Å². The Kier molecular flexibility index (Phi) is 6.65. The molecule has 170 valence electrons. The number of hydrogen-bond acceptors (Lipinski definition) is 5. The first kappa shape index (κ1) is 23.1. The lowest BCUT2D eigenvalue weighted by molar-refractivity contribution is -0.135. The summed E-state index contributed by atoms with van der Waals surface area (Å²) in [6.07, 6.45) is 3.74. The van der Waals surface area contributed by atoms with Gasteiger partial charge in [-0.05, 0) is 54.7 Å². The molecule has 2 aliphatic rings. The number of allylic oxidation sites excluding steroid dienone is 1. The molecule has 1 aromatic carbocycles. The van der Waals surface area contributed by atoms with Gasteiger partial charge in [-0.15, -0.1) is 6.58 Å². The minimum absolute atomic E-state index is 0.0351. The number of β-amino-alcohol motifs (C(OH)–C–C–N with tert-alkyl or cyclic N) is 1. The van der Waals surface area contributed by atoms with Crippen molar-refractivity contribution in [2.24, 2.45) is 11.3 Å². The maximum Gasteiger partial charge on any atom is 0.325 e. The summed E-state index contributed by atoms with van der Waals surface area (Å²) >= 11 is 0. The van der Waals surface area contributed by atoms with Crippen LogP contribution in [0.4, 0.5) is 4.79 Å². The normalized spacial score (nSPS) is 26.0. The Morgan fingerprint density at radius 2 is 2.06 bits per heavy atom. The summed E-state index contributed by atoms with van der Waals surface area (Å²) in [4.78, 5) is 26.9. The summed E-state index contributed by atoms with van der Waals surface area (Å²) in [6, 6.07) is 5.09. The number of hydrogen-bond donors (Lipinski definition) is 2. The maximum absolute atomic E-state index is 13.2. The van der Waals surface area contributed by atoms with Crippen molar-refractivity contribution >= 4 is 11.9 Å². The molecule has 3 amide bonds. The van der Waals surface area contributed by atoms with Crippen LogP contribution >= 0.6 is 0 Å². The van der Waals surface area contributed by atoms with Crippen LogP contribution in [0, 0.1) is 11.3 Å². The average Bonchev–Trinajstić information content (AvgIpc) is 2.88. The molecular weight excluding hydrogens is 396 g/mol. The number of rotatable bonds is 8. The summed E-state index contributed by atoms with van der Waals surface area (Å²) in [6.45, 7) is 9.92. The SMILES string of the molecule is C=CCc1ccc(OC[C@H](O)CN2C(=O)N[C@@]3(C[C@H](C)CC(C)(C)C3)C2=O)c(OC)c1. The number of aliphatic hydroxyl groups excluding tert-OH is 1. The Bertz CT molecular complexity index is 852. The highest BCUT2D eigenvalue weighted by Crippen LogP contribution is 2.46. The fourth-order valence-electron chi connectivity index (χ4n) is 5.25. The number of nitrogens with one attached hydrogen (secondary N) is 1. The van der Waals surface area contributed by atoms with Gasteiger partial charge in [-0.3, -0.25) is 9.69 Å². The third-order valence-electron chi connectivity index (χ3n) is 6.06. The van der Waals surface area contributed by atoms with E-state index in [9.17, 15) is 14.7 Å². The van der Waals surface area contributed by atoms with Gasteiger partial charge in [-0.25, -0.2) is 4.79 Å². The monoisotopic (exact) mass is 430 g/mol. The summed E-state index contributed by atoms with van der Waals surface area (Å²) in [5.41, 5.74) is 0.129. The number of methoxy groups -OCH3 is 1. The first-order chi connectivity index (χ1) is 14.6. The van der Waals surface area contributed by atoms with Crippen molar-refractivity contribution in [3.63, 3.8) is 0 Å². The molecule has 1 aromatic rings. The van der Waals surface area contributed by atoms with Crippen LogP contribution in [0.2, 0.25) is 0 Å². The zero-order valence-electron chi connectivity index (χ0n) is 18.9. The molecule has 0 radical (unpaired) electrons. The summed E-state index contributed by atoms with van der Waals surface area (Å²) in [5, 5.41) is 13.4. The smallest absolute Gasteiger partial charge is 0.325 e. The number of aliphatic hydroxyl groups is 1. The first-order valence-corrected chi connectivity index (χ1v) is 10.8. The molecule has 1 saturated carbocycles. The van der Waals surface area contributed by atoms with Gasteiger partial charge in [0.05, 0.1) is 13.7 Å². The van der Waals surface area contributed by atoms with Crippen LogP contribution in [0.1, 0.15) is 45.6 Å². The number of carbonyl (C=O) groups excluding carboxylic acids is 2. The number of ether oxygens (including phenoxy) is 2. The van der Waals surface area contributed by atoms with Crippen LogP contribution in [0.15, 0.2) is 30.9 Å². The van der Waals surface area contributed by atoms with Crippen LogP contribution < -0.4 is 14.8 Å². The van der Waals surface area contributed by atoms with E-state index in [0.717, 1.165) is 16.9 Å². The number of nitrogens with zero attached hydrogens (tertiary/aromatic N) is 1. The van der Waals surface area contributed by atoms with Crippen molar-refractivity contribution < 1.29 is 24.2 Å². The van der Waals surface area contributed by atoms with Crippen molar-refractivity contribution in [2.45, 2.75) is 58.1 Å². The van der Waals surface area contributed by atoms with Crippen molar-refractivity contribution in [2.75, 3.05) is 20.3 Å². The fourth-order valence-corrected chi connectivity index (χ4v) is 5.25. The molecule has 1 aliphatic heterocycles. The fraction of sp³-hybridized carbons (Fsp3) is 0.583. The Balaban J connectivity index is 1.63. The maximum atomic E-state index is 13.2. The molecule has 1 aliphatic carbocycles. The minimum atomic E-state index is -1.02. The highest BCUT2D eigenvalue weighted by atomic mass is 16.5. The van der Waals surface area contributed by atoms with Crippen LogP contribution in [-0.2, 0) is 11.2 Å². The van der Waals surface area contributed by atoms with E-state index >= 15 is 0 Å². The number of carbonyl (C=O) groups is 2. The predicted octanol–water partition coefficient (Wildman–Crippen LogP) is 3.30. The van der Waals surface area contributed by atoms with Gasteiger partial charge in [0.15, 0.2) is 11.5 Å². The summed E-state index contributed by atoms with van der Waals surface area (Å²) < 4.78 is 11.1. The Morgan fingerprint density at radius 3 is 2.71 bits per heavy atom. The highest BCUT2D eigenvalue weighted by Gasteiger charge is 2.56. The molecule has 2 N–H and O–H groups in total. The van der Waals surface area contributed by atoms with E-state index in [2.05, 4.69) is 32.7 Å². The van der Waals surface area contributed by atoms with Gasteiger partial charge < -0.3 is 19.9 Å². The molecule has 7 heteroatoms. The number of benzene rings is 1. The van der Waals surface area contributed by atoms with Crippen LogP contribution in [-0.4, -0.2) is 53.8 Å². The second-order valence-electron chi connectivity index (χ2n) is 9.73. The molecule has 1 spiro atoms. The molecule has 1 saturated heterocycles. The lowest BCUT2D eigenvalue weighted by Gasteiger charge is -2.43. The topological polar surface area (TPSA) is 88.1 Å². The van der Waals surface area contributed by atoms with Gasteiger partial charge in [0.25, 0.3) is 5.91 Å². The number of imide groups is 1. The van der Waals surface area contributed by atoms with Crippen molar-refractivity contribution in [1.82, 2.24) is 10.2 Å². The van der Waals surface area contributed by atoms with E-state index in [1.165, 1.54) is 0 Å². The molecule has 0 aromatic heterocycles. The highest BCUT2D eigenvalue weighted by molar-refractivity contribution is 6.07. The zero-order chi connectivity index (χ0) is 22.8. The molecule has 3 atom stereocenters. The van der Waals surface area contributed by atoms with Gasteiger partial charge in [0, 0.05) is 0 Å². The van der Waals surface area contributed by atoms with E-state index in [4.69, 9.17) is 9.47 Å². The zero-order valence-corrected chi connectivity index (χ0v) is 18.9. The Hall–Kier alpha value is -2.54. The van der Waals surface area contributed by atoms with E-state index in [1.807, 2.05) is 12.1 Å². The van der Waals surface area contributed by atoms with Crippen molar-refractivity contribution in [3.8, 4) is 11.5 Å². The van der Waals surface area contributed by atoms with Crippen molar-refractivity contribution in [1.29, 1.82) is 0 Å². The van der Waals surface area contributed by atoms with E-state index in [-0.39, 0.29) is 24.5 Å². The molecule has 0 unspecified atom stereocenters. The number of amides is 3. The molecule has 1 heterocycles. The molecule has 0 bridgehead atoms. The van der Waals surface area contributed by atoms with Gasteiger partial charge in [0.2, 0.25) is 0 Å². The third-order valence-corrected chi connectivity index (χ3v) is 6.06. The lowest BCUT2D eigenvalue weighted by Crippen LogP contribution is -2.54. The number of urea groups is 1.